The summed E-state index contributed by atoms with van der Waals surface area (Å²) in [5, 5.41) is 6.33. The number of hydrogen-bond acceptors (Lipinski definition) is 3. The minimum atomic E-state index is -0.243. The van der Waals surface area contributed by atoms with E-state index in [0.29, 0.717) is 12.6 Å². The van der Waals surface area contributed by atoms with Crippen LogP contribution in [0.4, 0.5) is 5.69 Å². The molecule has 2 rings (SSSR count). The molecule has 1 aromatic carbocycles. The molecular weight excluding hydrogens is 252 g/mol. The van der Waals surface area contributed by atoms with E-state index in [9.17, 15) is 4.79 Å². The lowest BCUT2D eigenvalue weighted by Crippen LogP contribution is -2.42. The van der Waals surface area contributed by atoms with E-state index in [1.807, 2.05) is 38.1 Å². The molecule has 4 heteroatoms. The Morgan fingerprint density at radius 2 is 2.15 bits per heavy atom. The van der Waals surface area contributed by atoms with Crippen molar-refractivity contribution in [3.8, 4) is 5.75 Å². The van der Waals surface area contributed by atoms with Gasteiger partial charge in [0.25, 0.3) is 0 Å². The van der Waals surface area contributed by atoms with Crippen molar-refractivity contribution >= 4 is 11.6 Å². The number of amides is 1. The van der Waals surface area contributed by atoms with Gasteiger partial charge in [0.2, 0.25) is 5.91 Å². The molecule has 1 fully saturated rings. The second-order valence-electron chi connectivity index (χ2n) is 5.32. The predicted molar refractivity (Wildman–Crippen MR) is 81.1 cm³/mol. The van der Waals surface area contributed by atoms with Crippen LogP contribution in [0.3, 0.4) is 0 Å². The summed E-state index contributed by atoms with van der Waals surface area (Å²) >= 11 is 0. The first kappa shape index (κ1) is 14.7. The quantitative estimate of drug-likeness (QED) is 0.840. The second-order valence-corrected chi connectivity index (χ2v) is 5.32. The van der Waals surface area contributed by atoms with Gasteiger partial charge in [-0.15, -0.1) is 0 Å². The van der Waals surface area contributed by atoms with E-state index in [2.05, 4.69) is 10.6 Å². The molecule has 0 bridgehead atoms. The third-order valence-electron chi connectivity index (χ3n) is 3.62. The number of rotatable bonds is 6. The normalized spacial score (nSPS) is 16.7. The maximum atomic E-state index is 12.1. The van der Waals surface area contributed by atoms with Crippen molar-refractivity contribution in [1.29, 1.82) is 0 Å². The molecular formula is C16H24N2O2. The molecule has 1 aliphatic rings. The zero-order valence-electron chi connectivity index (χ0n) is 12.3. The summed E-state index contributed by atoms with van der Waals surface area (Å²) in [6.07, 6.45) is 4.67. The molecule has 1 atom stereocenters. The van der Waals surface area contributed by atoms with Gasteiger partial charge >= 0.3 is 0 Å². The van der Waals surface area contributed by atoms with Crippen LogP contribution in [0.1, 0.15) is 39.5 Å². The zero-order chi connectivity index (χ0) is 14.4. The Bertz CT molecular complexity index is 442. The van der Waals surface area contributed by atoms with Gasteiger partial charge in [-0.3, -0.25) is 4.79 Å². The molecule has 0 heterocycles. The van der Waals surface area contributed by atoms with Crippen molar-refractivity contribution in [3.63, 3.8) is 0 Å². The molecule has 0 aliphatic heterocycles. The summed E-state index contributed by atoms with van der Waals surface area (Å²) in [7, 11) is 0. The van der Waals surface area contributed by atoms with Crippen molar-refractivity contribution in [2.45, 2.75) is 51.6 Å². The Kier molecular flexibility index (Phi) is 5.27. The molecule has 2 N–H and O–H groups in total. The zero-order valence-corrected chi connectivity index (χ0v) is 12.3. The monoisotopic (exact) mass is 276 g/mol. The van der Waals surface area contributed by atoms with Gasteiger partial charge in [-0.25, -0.2) is 0 Å². The summed E-state index contributed by atoms with van der Waals surface area (Å²) in [6.45, 7) is 4.48. The predicted octanol–water partition coefficient (Wildman–Crippen LogP) is 2.94. The molecule has 1 amide bonds. The number of anilines is 1. The summed E-state index contributed by atoms with van der Waals surface area (Å²) in [5.41, 5.74) is 0.907. The largest absolute Gasteiger partial charge is 0.494 e. The Morgan fingerprint density at radius 3 is 2.85 bits per heavy atom. The maximum Gasteiger partial charge on any atom is 0.242 e. The molecule has 1 unspecified atom stereocenters. The van der Waals surface area contributed by atoms with Gasteiger partial charge in [-0.05, 0) is 38.8 Å². The van der Waals surface area contributed by atoms with Crippen molar-refractivity contribution in [1.82, 2.24) is 5.32 Å². The highest BCUT2D eigenvalue weighted by Crippen LogP contribution is 2.19. The Balaban J connectivity index is 1.87. The summed E-state index contributed by atoms with van der Waals surface area (Å²) in [4.78, 5) is 12.1. The van der Waals surface area contributed by atoms with Gasteiger partial charge in [0.05, 0.1) is 6.61 Å². The summed E-state index contributed by atoms with van der Waals surface area (Å²) in [6, 6.07) is 7.83. The van der Waals surface area contributed by atoms with Crippen LogP contribution in [-0.4, -0.2) is 24.6 Å². The summed E-state index contributed by atoms with van der Waals surface area (Å²) in [5.74, 6) is 0.889. The number of hydrogen-bond donors (Lipinski definition) is 2. The van der Waals surface area contributed by atoms with E-state index in [4.69, 9.17) is 4.74 Å². The van der Waals surface area contributed by atoms with Gasteiger partial charge < -0.3 is 15.4 Å². The van der Waals surface area contributed by atoms with E-state index >= 15 is 0 Å². The molecule has 0 saturated heterocycles. The van der Waals surface area contributed by atoms with Crippen LogP contribution in [0, 0.1) is 0 Å². The lowest BCUT2D eigenvalue weighted by Gasteiger charge is -2.19. The minimum Gasteiger partial charge on any atom is -0.494 e. The maximum absolute atomic E-state index is 12.1. The molecule has 110 valence electrons. The molecule has 20 heavy (non-hydrogen) atoms. The Morgan fingerprint density at radius 1 is 1.40 bits per heavy atom. The van der Waals surface area contributed by atoms with Gasteiger partial charge in [0.15, 0.2) is 0 Å². The Labute approximate surface area is 120 Å². The smallest absolute Gasteiger partial charge is 0.242 e. The van der Waals surface area contributed by atoms with Gasteiger partial charge in [-0.1, -0.05) is 18.9 Å². The van der Waals surface area contributed by atoms with Crippen LogP contribution in [0.15, 0.2) is 24.3 Å². The molecule has 1 saturated carbocycles. The van der Waals surface area contributed by atoms with Gasteiger partial charge in [-0.2, -0.15) is 0 Å². The molecule has 0 aromatic heterocycles. The first-order valence-corrected chi connectivity index (χ1v) is 7.49. The first-order valence-electron chi connectivity index (χ1n) is 7.49. The highest BCUT2D eigenvalue weighted by molar-refractivity contribution is 5.84. The van der Waals surface area contributed by atoms with Gasteiger partial charge in [0, 0.05) is 17.8 Å². The number of carbonyl (C=O) groups is 1. The number of benzene rings is 1. The van der Waals surface area contributed by atoms with Crippen molar-refractivity contribution < 1.29 is 9.53 Å². The highest BCUT2D eigenvalue weighted by Gasteiger charge is 2.20. The van der Waals surface area contributed by atoms with E-state index < -0.39 is 0 Å². The fourth-order valence-electron chi connectivity index (χ4n) is 2.55. The van der Waals surface area contributed by atoms with E-state index in [-0.39, 0.29) is 11.9 Å². The number of nitrogens with one attached hydrogen (secondary N) is 2. The number of carbonyl (C=O) groups excluding carboxylic acids is 1. The van der Waals surface area contributed by atoms with Crippen molar-refractivity contribution in [2.24, 2.45) is 0 Å². The Hall–Kier alpha value is -1.71. The standard InChI is InChI=1S/C16H24N2O2/c1-3-20-15-10-6-9-14(11-15)17-12(2)16(19)18-13-7-4-5-8-13/h6,9-13,17H,3-5,7-8H2,1-2H3,(H,18,19). The fraction of sp³-hybridized carbons (Fsp3) is 0.562. The van der Waals surface area contributed by atoms with Crippen LogP contribution in [-0.2, 0) is 4.79 Å². The molecule has 4 nitrogen and oxygen atoms in total. The van der Waals surface area contributed by atoms with Gasteiger partial charge in [0.1, 0.15) is 11.8 Å². The minimum absolute atomic E-state index is 0.0683. The summed E-state index contributed by atoms with van der Waals surface area (Å²) < 4.78 is 5.46. The highest BCUT2D eigenvalue weighted by atomic mass is 16.5. The van der Waals surface area contributed by atoms with Crippen molar-refractivity contribution in [3.05, 3.63) is 24.3 Å². The van der Waals surface area contributed by atoms with E-state index in [1.165, 1.54) is 12.8 Å². The van der Waals surface area contributed by atoms with Crippen LogP contribution < -0.4 is 15.4 Å². The lowest BCUT2D eigenvalue weighted by molar-refractivity contribution is -0.122. The first-order chi connectivity index (χ1) is 9.69. The van der Waals surface area contributed by atoms with Crippen LogP contribution in [0.5, 0.6) is 5.75 Å². The topological polar surface area (TPSA) is 50.4 Å². The van der Waals surface area contributed by atoms with Crippen LogP contribution in [0.25, 0.3) is 0 Å². The number of ether oxygens (including phenoxy) is 1. The lowest BCUT2D eigenvalue weighted by atomic mass is 10.2. The van der Waals surface area contributed by atoms with Crippen LogP contribution in [0.2, 0.25) is 0 Å². The third-order valence-corrected chi connectivity index (χ3v) is 3.62. The SMILES string of the molecule is CCOc1cccc(NC(C)C(=O)NC2CCCC2)c1. The average Bonchev–Trinajstić information content (AvgIpc) is 2.92. The van der Waals surface area contributed by atoms with Crippen molar-refractivity contribution in [2.75, 3.05) is 11.9 Å². The van der Waals surface area contributed by atoms with E-state index in [0.717, 1.165) is 24.3 Å². The van der Waals surface area contributed by atoms with E-state index in [1.54, 1.807) is 0 Å². The molecule has 1 aliphatic carbocycles. The molecule has 0 spiro atoms. The molecule has 1 aromatic rings. The van der Waals surface area contributed by atoms with Crippen LogP contribution >= 0.6 is 0 Å². The fourth-order valence-corrected chi connectivity index (χ4v) is 2.55. The average molecular weight is 276 g/mol. The molecule has 0 radical (unpaired) electrons. The second kappa shape index (κ2) is 7.17. The third kappa shape index (κ3) is 4.15.